The van der Waals surface area contributed by atoms with Crippen molar-refractivity contribution in [3.8, 4) is 11.5 Å². The molecule has 0 aliphatic heterocycles. The van der Waals surface area contributed by atoms with Crippen molar-refractivity contribution in [1.82, 2.24) is 0 Å². The largest absolute Gasteiger partial charge is 0.497 e. The second kappa shape index (κ2) is 15.3. The Balaban J connectivity index is 0. The van der Waals surface area contributed by atoms with E-state index in [0.29, 0.717) is 12.4 Å². The number of nitrogens with two attached hydrogens (primary N) is 1. The smallest absolute Gasteiger partial charge is 0.150 e. The molecule has 0 unspecified atom stereocenters. The lowest BCUT2D eigenvalue weighted by atomic mass is 10.2. The fourth-order valence-electron chi connectivity index (χ4n) is 1.72. The third-order valence-electron chi connectivity index (χ3n) is 2.79. The number of hydrogen-bond donors (Lipinski definition) is 1. The predicted octanol–water partition coefficient (Wildman–Crippen LogP) is 6.38. The van der Waals surface area contributed by atoms with Crippen LogP contribution in [0.25, 0.3) is 0 Å². The van der Waals surface area contributed by atoms with Gasteiger partial charge in [0.25, 0.3) is 0 Å². The number of ether oxygens (including phenoxy) is 2. The Labute approximate surface area is 153 Å². The lowest BCUT2D eigenvalue weighted by Crippen LogP contribution is -2.01. The summed E-state index contributed by atoms with van der Waals surface area (Å²) >= 11 is 0. The van der Waals surface area contributed by atoms with Crippen molar-refractivity contribution in [3.63, 3.8) is 0 Å². The molecule has 25 heavy (non-hydrogen) atoms. The van der Waals surface area contributed by atoms with Crippen molar-refractivity contribution in [3.05, 3.63) is 53.3 Å². The van der Waals surface area contributed by atoms with Crippen LogP contribution in [0.3, 0.4) is 0 Å². The molecule has 0 aromatic heterocycles. The summed E-state index contributed by atoms with van der Waals surface area (Å²) in [6.07, 6.45) is 0. The van der Waals surface area contributed by atoms with Gasteiger partial charge >= 0.3 is 0 Å². The number of aryl methyl sites for hydroxylation is 1. The van der Waals surface area contributed by atoms with Crippen molar-refractivity contribution in [1.29, 1.82) is 0 Å². The highest BCUT2D eigenvalue weighted by atomic mass is 19.1. The van der Waals surface area contributed by atoms with Gasteiger partial charge in [0, 0.05) is 0 Å². The minimum Gasteiger partial charge on any atom is -0.497 e. The lowest BCUT2D eigenvalue weighted by Gasteiger charge is -2.11. The molecule has 0 spiro atoms. The zero-order valence-corrected chi connectivity index (χ0v) is 16.9. The van der Waals surface area contributed by atoms with E-state index < -0.39 is 5.82 Å². The number of anilines is 1. The van der Waals surface area contributed by atoms with Gasteiger partial charge in [0.1, 0.15) is 29.6 Å². The van der Waals surface area contributed by atoms with Crippen LogP contribution in [0.5, 0.6) is 11.5 Å². The molecular weight excluding hydrogens is 317 g/mol. The molecule has 0 radical (unpaired) electrons. The predicted molar refractivity (Wildman–Crippen MR) is 107 cm³/mol. The zero-order chi connectivity index (χ0) is 19.8. The molecule has 0 saturated heterocycles. The van der Waals surface area contributed by atoms with E-state index in [1.54, 1.807) is 20.1 Å². The first-order valence-electron chi connectivity index (χ1n) is 8.91. The summed E-state index contributed by atoms with van der Waals surface area (Å²) in [5.74, 6) is 0.697. The first kappa shape index (κ1) is 25.0. The Kier molecular flexibility index (Phi) is 15.3. The van der Waals surface area contributed by atoms with Crippen LogP contribution in [-0.2, 0) is 6.61 Å². The zero-order valence-electron chi connectivity index (χ0n) is 16.9. The van der Waals surface area contributed by atoms with Gasteiger partial charge in [-0.2, -0.15) is 0 Å². The fourth-order valence-corrected chi connectivity index (χ4v) is 1.72. The van der Waals surface area contributed by atoms with Gasteiger partial charge in [-0.05, 0) is 42.3 Å². The molecule has 0 bridgehead atoms. The standard InChI is InChI=1S/C15H16FNO2.3C2H6/c1-10-7-13(16)15(17)14(8-10)19-9-11-3-5-12(18-2)6-4-11;3*1-2/h3-8H,9,17H2,1-2H3;3*1-2H3. The summed E-state index contributed by atoms with van der Waals surface area (Å²) in [5, 5.41) is 0. The molecule has 0 aliphatic carbocycles. The van der Waals surface area contributed by atoms with E-state index >= 15 is 0 Å². The Morgan fingerprint density at radius 1 is 0.920 bits per heavy atom. The van der Waals surface area contributed by atoms with Crippen molar-refractivity contribution in [2.45, 2.75) is 55.1 Å². The average molecular weight is 352 g/mol. The molecule has 3 nitrogen and oxygen atoms in total. The summed E-state index contributed by atoms with van der Waals surface area (Å²) in [5.41, 5.74) is 7.42. The monoisotopic (exact) mass is 351 g/mol. The summed E-state index contributed by atoms with van der Waals surface area (Å²) in [6, 6.07) is 10.6. The quantitative estimate of drug-likeness (QED) is 0.650. The average Bonchev–Trinajstić information content (AvgIpc) is 2.68. The molecule has 2 rings (SSSR count). The van der Waals surface area contributed by atoms with Crippen LogP contribution in [0, 0.1) is 12.7 Å². The molecule has 0 heterocycles. The number of nitrogen functional groups attached to an aromatic ring is 1. The second-order valence-electron chi connectivity index (χ2n) is 4.30. The minimum absolute atomic E-state index is 0.0408. The van der Waals surface area contributed by atoms with Gasteiger partial charge in [0.05, 0.1) is 7.11 Å². The maximum absolute atomic E-state index is 13.4. The molecule has 2 aromatic carbocycles. The van der Waals surface area contributed by atoms with Crippen LogP contribution in [-0.4, -0.2) is 7.11 Å². The normalized spacial score (nSPS) is 8.52. The van der Waals surface area contributed by atoms with Crippen LogP contribution >= 0.6 is 0 Å². The van der Waals surface area contributed by atoms with E-state index in [1.165, 1.54) is 6.07 Å². The molecule has 2 N–H and O–H groups in total. The molecule has 0 atom stereocenters. The van der Waals surface area contributed by atoms with Gasteiger partial charge in [0.15, 0.2) is 0 Å². The summed E-state index contributed by atoms with van der Waals surface area (Å²) in [4.78, 5) is 0. The lowest BCUT2D eigenvalue weighted by molar-refractivity contribution is 0.306. The molecule has 0 fully saturated rings. The van der Waals surface area contributed by atoms with Crippen molar-refractivity contribution in [2.24, 2.45) is 0 Å². The van der Waals surface area contributed by atoms with Crippen molar-refractivity contribution < 1.29 is 13.9 Å². The number of benzene rings is 2. The highest BCUT2D eigenvalue weighted by Gasteiger charge is 2.07. The Hall–Kier alpha value is -2.23. The Morgan fingerprint density at radius 3 is 1.92 bits per heavy atom. The number of methoxy groups -OCH3 is 1. The Bertz CT molecular complexity index is 569. The first-order chi connectivity index (χ1) is 12.1. The Morgan fingerprint density at radius 2 is 1.44 bits per heavy atom. The summed E-state index contributed by atoms with van der Waals surface area (Å²) in [7, 11) is 1.61. The van der Waals surface area contributed by atoms with Gasteiger partial charge < -0.3 is 15.2 Å². The van der Waals surface area contributed by atoms with E-state index in [-0.39, 0.29) is 5.69 Å². The van der Waals surface area contributed by atoms with E-state index in [1.807, 2.05) is 65.8 Å². The van der Waals surface area contributed by atoms with Gasteiger partial charge in [0.2, 0.25) is 0 Å². The highest BCUT2D eigenvalue weighted by Crippen LogP contribution is 2.27. The van der Waals surface area contributed by atoms with E-state index in [4.69, 9.17) is 15.2 Å². The van der Waals surface area contributed by atoms with E-state index in [9.17, 15) is 4.39 Å². The number of halogens is 1. The third-order valence-corrected chi connectivity index (χ3v) is 2.79. The summed E-state index contributed by atoms with van der Waals surface area (Å²) < 4.78 is 24.1. The number of rotatable bonds is 4. The minimum atomic E-state index is -0.454. The van der Waals surface area contributed by atoms with Crippen LogP contribution < -0.4 is 15.2 Å². The summed E-state index contributed by atoms with van der Waals surface area (Å²) in [6.45, 7) is 14.1. The molecule has 4 heteroatoms. The van der Waals surface area contributed by atoms with Gasteiger partial charge in [-0.25, -0.2) is 4.39 Å². The fraction of sp³-hybridized carbons (Fsp3) is 0.429. The van der Waals surface area contributed by atoms with Crippen LogP contribution in [0.4, 0.5) is 10.1 Å². The van der Waals surface area contributed by atoms with Crippen molar-refractivity contribution in [2.75, 3.05) is 12.8 Å². The van der Waals surface area contributed by atoms with Gasteiger partial charge in [-0.1, -0.05) is 53.7 Å². The molecule has 2 aromatic rings. The molecule has 0 saturated carbocycles. The SMILES string of the molecule is CC.CC.CC.COc1ccc(COc2cc(C)cc(F)c2N)cc1. The second-order valence-corrected chi connectivity index (χ2v) is 4.30. The molecule has 142 valence electrons. The molecule has 0 amide bonds. The van der Waals surface area contributed by atoms with E-state index in [0.717, 1.165) is 16.9 Å². The number of hydrogen-bond acceptors (Lipinski definition) is 3. The van der Waals surface area contributed by atoms with Crippen molar-refractivity contribution >= 4 is 5.69 Å². The molecule has 0 aliphatic rings. The maximum Gasteiger partial charge on any atom is 0.150 e. The topological polar surface area (TPSA) is 44.5 Å². The molecular formula is C21H34FNO2. The van der Waals surface area contributed by atoms with Crippen LogP contribution in [0.15, 0.2) is 36.4 Å². The van der Waals surface area contributed by atoms with Gasteiger partial charge in [-0.3, -0.25) is 0 Å². The van der Waals surface area contributed by atoms with Crippen LogP contribution in [0.1, 0.15) is 52.7 Å². The first-order valence-corrected chi connectivity index (χ1v) is 8.91. The third kappa shape index (κ3) is 8.99. The highest BCUT2D eigenvalue weighted by molar-refractivity contribution is 5.55. The van der Waals surface area contributed by atoms with E-state index in [2.05, 4.69) is 0 Å². The maximum atomic E-state index is 13.4. The van der Waals surface area contributed by atoms with Gasteiger partial charge in [-0.15, -0.1) is 0 Å². The van der Waals surface area contributed by atoms with Crippen LogP contribution in [0.2, 0.25) is 0 Å².